The Bertz CT molecular complexity index is 1030. The zero-order valence-corrected chi connectivity index (χ0v) is 19.1. The molecule has 3 aromatic rings. The van der Waals surface area contributed by atoms with Crippen LogP contribution in [0.3, 0.4) is 0 Å². The molecule has 0 radical (unpaired) electrons. The maximum absolute atomic E-state index is 12.4. The summed E-state index contributed by atoms with van der Waals surface area (Å²) in [6.45, 7) is 8.69. The fourth-order valence-electron chi connectivity index (χ4n) is 2.87. The van der Waals surface area contributed by atoms with Gasteiger partial charge < -0.3 is 5.32 Å². The van der Waals surface area contributed by atoms with E-state index in [1.807, 2.05) is 16.7 Å². The van der Waals surface area contributed by atoms with Crippen LogP contribution >= 0.6 is 35.0 Å². The van der Waals surface area contributed by atoms with E-state index in [0.29, 0.717) is 33.4 Å². The van der Waals surface area contributed by atoms with Crippen molar-refractivity contribution in [2.75, 3.05) is 11.1 Å². The molecule has 0 unspecified atom stereocenters. The maximum Gasteiger partial charge on any atom is 0.234 e. The smallest absolute Gasteiger partial charge is 0.234 e. The third-order valence-corrected chi connectivity index (χ3v) is 5.75. The van der Waals surface area contributed by atoms with E-state index in [1.54, 1.807) is 24.3 Å². The molecule has 0 saturated carbocycles. The van der Waals surface area contributed by atoms with Crippen LogP contribution in [0, 0.1) is 0 Å². The zero-order chi connectivity index (χ0) is 21.7. The predicted molar refractivity (Wildman–Crippen MR) is 126 cm³/mol. The van der Waals surface area contributed by atoms with Gasteiger partial charge in [0.05, 0.1) is 5.75 Å². The van der Waals surface area contributed by atoms with Crippen LogP contribution in [0.1, 0.15) is 25.3 Å². The summed E-state index contributed by atoms with van der Waals surface area (Å²) >= 11 is 13.3. The Kier molecular flexibility index (Phi) is 7.58. The second kappa shape index (κ2) is 10.2. The van der Waals surface area contributed by atoms with Crippen molar-refractivity contribution in [1.29, 1.82) is 0 Å². The molecule has 1 N–H and O–H groups in total. The summed E-state index contributed by atoms with van der Waals surface area (Å²) in [5.74, 6) is 1.19. The lowest BCUT2D eigenvalue weighted by molar-refractivity contribution is -0.113. The third-order valence-electron chi connectivity index (χ3n) is 4.34. The summed E-state index contributed by atoms with van der Waals surface area (Å²) in [4.78, 5) is 12.4. The lowest BCUT2D eigenvalue weighted by Crippen LogP contribution is -2.14. The van der Waals surface area contributed by atoms with Crippen LogP contribution < -0.4 is 5.32 Å². The Morgan fingerprint density at radius 2 is 1.83 bits per heavy atom. The van der Waals surface area contributed by atoms with Gasteiger partial charge in [0.1, 0.15) is 0 Å². The molecule has 2 aromatic carbocycles. The van der Waals surface area contributed by atoms with Crippen LogP contribution in [0.15, 0.2) is 60.3 Å². The molecule has 156 valence electrons. The van der Waals surface area contributed by atoms with Gasteiger partial charge in [-0.25, -0.2) is 0 Å². The topological polar surface area (TPSA) is 59.8 Å². The first-order valence-corrected chi connectivity index (χ1v) is 11.1. The SMILES string of the molecule is C=CCn1c(SCC(=O)Nc2cc(Cl)cc(Cl)c2)nnc1-c1ccc(C(C)C)cc1. The maximum atomic E-state index is 12.4. The van der Waals surface area contributed by atoms with Crippen LogP contribution in [0.4, 0.5) is 5.69 Å². The minimum atomic E-state index is -0.186. The Balaban J connectivity index is 1.73. The molecule has 0 aliphatic rings. The summed E-state index contributed by atoms with van der Waals surface area (Å²) in [7, 11) is 0. The average molecular weight is 461 g/mol. The van der Waals surface area contributed by atoms with E-state index in [0.717, 1.165) is 11.4 Å². The summed E-state index contributed by atoms with van der Waals surface area (Å²) in [6, 6.07) is 13.2. The van der Waals surface area contributed by atoms with Gasteiger partial charge in [0.25, 0.3) is 0 Å². The first-order chi connectivity index (χ1) is 14.4. The molecule has 0 saturated heterocycles. The number of rotatable bonds is 8. The van der Waals surface area contributed by atoms with Crippen molar-refractivity contribution >= 4 is 46.6 Å². The highest BCUT2D eigenvalue weighted by atomic mass is 35.5. The van der Waals surface area contributed by atoms with Crippen LogP contribution in [-0.2, 0) is 11.3 Å². The molecular formula is C22H22Cl2N4OS. The van der Waals surface area contributed by atoms with Gasteiger partial charge in [-0.15, -0.1) is 16.8 Å². The van der Waals surface area contributed by atoms with Gasteiger partial charge >= 0.3 is 0 Å². The molecule has 0 atom stereocenters. The number of thioether (sulfide) groups is 1. The minimum Gasteiger partial charge on any atom is -0.325 e. The highest BCUT2D eigenvalue weighted by molar-refractivity contribution is 7.99. The van der Waals surface area contributed by atoms with Crippen LogP contribution in [0.5, 0.6) is 0 Å². The Morgan fingerprint density at radius 1 is 1.17 bits per heavy atom. The van der Waals surface area contributed by atoms with E-state index in [9.17, 15) is 4.79 Å². The monoisotopic (exact) mass is 460 g/mol. The van der Waals surface area contributed by atoms with Crippen LogP contribution in [-0.4, -0.2) is 26.4 Å². The minimum absolute atomic E-state index is 0.172. The molecule has 0 bridgehead atoms. The lowest BCUT2D eigenvalue weighted by Gasteiger charge is -2.10. The van der Waals surface area contributed by atoms with E-state index < -0.39 is 0 Å². The highest BCUT2D eigenvalue weighted by Gasteiger charge is 2.15. The van der Waals surface area contributed by atoms with Crippen LogP contribution in [0.25, 0.3) is 11.4 Å². The number of allylic oxidation sites excluding steroid dienone is 1. The van der Waals surface area contributed by atoms with Gasteiger partial charge in [0.2, 0.25) is 5.91 Å². The molecule has 0 aliphatic carbocycles. The van der Waals surface area contributed by atoms with Gasteiger partial charge in [-0.3, -0.25) is 9.36 Å². The molecule has 0 aliphatic heterocycles. The van der Waals surface area contributed by atoms with Crippen molar-refractivity contribution in [2.24, 2.45) is 0 Å². The van der Waals surface area contributed by atoms with E-state index in [2.05, 4.69) is 48.1 Å². The lowest BCUT2D eigenvalue weighted by atomic mass is 10.0. The van der Waals surface area contributed by atoms with Crippen molar-refractivity contribution < 1.29 is 4.79 Å². The number of hydrogen-bond acceptors (Lipinski definition) is 4. The fraction of sp³-hybridized carbons (Fsp3) is 0.227. The van der Waals surface area contributed by atoms with E-state index >= 15 is 0 Å². The number of benzene rings is 2. The molecular weight excluding hydrogens is 439 g/mol. The zero-order valence-electron chi connectivity index (χ0n) is 16.7. The number of halogens is 2. The average Bonchev–Trinajstić information content (AvgIpc) is 3.08. The van der Waals surface area contributed by atoms with Gasteiger partial charge in [-0.05, 0) is 29.7 Å². The highest BCUT2D eigenvalue weighted by Crippen LogP contribution is 2.27. The number of nitrogens with one attached hydrogen (secondary N) is 1. The van der Waals surface area contributed by atoms with Crippen molar-refractivity contribution in [1.82, 2.24) is 14.8 Å². The molecule has 0 spiro atoms. The number of carbonyl (C=O) groups excluding carboxylic acids is 1. The molecule has 1 heterocycles. The summed E-state index contributed by atoms with van der Waals surface area (Å²) < 4.78 is 1.95. The van der Waals surface area contributed by atoms with Gasteiger partial charge in [0, 0.05) is 27.8 Å². The van der Waals surface area contributed by atoms with Gasteiger partial charge in [-0.2, -0.15) is 0 Å². The Morgan fingerprint density at radius 3 is 2.43 bits per heavy atom. The number of nitrogens with zero attached hydrogens (tertiary/aromatic N) is 3. The number of anilines is 1. The second-order valence-electron chi connectivity index (χ2n) is 6.98. The molecule has 0 fully saturated rings. The molecule has 30 heavy (non-hydrogen) atoms. The number of aromatic nitrogens is 3. The standard InChI is InChI=1S/C22H22Cl2N4OS/c1-4-9-28-21(16-7-5-15(6-8-16)14(2)3)26-27-22(28)30-13-20(29)25-19-11-17(23)10-18(24)12-19/h4-8,10-12,14H,1,9,13H2,2-3H3,(H,25,29). The number of amides is 1. The van der Waals surface area contributed by atoms with Gasteiger partial charge in [-0.1, -0.05) is 79.2 Å². The van der Waals surface area contributed by atoms with Crippen molar-refractivity contribution in [3.63, 3.8) is 0 Å². The number of hydrogen-bond donors (Lipinski definition) is 1. The fourth-order valence-corrected chi connectivity index (χ4v) is 4.15. The largest absolute Gasteiger partial charge is 0.325 e. The van der Waals surface area contributed by atoms with Gasteiger partial charge in [0.15, 0.2) is 11.0 Å². The van der Waals surface area contributed by atoms with E-state index in [4.69, 9.17) is 23.2 Å². The second-order valence-corrected chi connectivity index (χ2v) is 8.79. The Hall–Kier alpha value is -2.28. The van der Waals surface area contributed by atoms with E-state index in [-0.39, 0.29) is 11.7 Å². The first-order valence-electron chi connectivity index (χ1n) is 9.40. The third kappa shape index (κ3) is 5.65. The summed E-state index contributed by atoms with van der Waals surface area (Å²) in [5.41, 5.74) is 2.79. The quantitative estimate of drug-likeness (QED) is 0.316. The molecule has 3 rings (SSSR count). The van der Waals surface area contributed by atoms with Crippen LogP contribution in [0.2, 0.25) is 10.0 Å². The van der Waals surface area contributed by atoms with Crippen molar-refractivity contribution in [2.45, 2.75) is 31.5 Å². The molecule has 5 nitrogen and oxygen atoms in total. The summed E-state index contributed by atoms with van der Waals surface area (Å²) in [6.07, 6.45) is 1.79. The molecule has 1 amide bonds. The van der Waals surface area contributed by atoms with E-state index in [1.165, 1.54) is 17.3 Å². The number of carbonyl (C=O) groups is 1. The molecule has 1 aromatic heterocycles. The predicted octanol–water partition coefficient (Wildman–Crippen LogP) is 6.29. The first kappa shape index (κ1) is 22.4. The molecule has 8 heteroatoms. The van der Waals surface area contributed by atoms with Crippen molar-refractivity contribution in [3.05, 3.63) is 70.7 Å². The van der Waals surface area contributed by atoms with Crippen molar-refractivity contribution in [3.8, 4) is 11.4 Å². The normalized spacial score (nSPS) is 11.0. The Labute approximate surface area is 190 Å². The summed E-state index contributed by atoms with van der Waals surface area (Å²) in [5, 5.41) is 13.0.